The first-order chi connectivity index (χ1) is 8.42. The second kappa shape index (κ2) is 6.35. The SMILES string of the molecule is CCCNC(C1=COCCC1)c1ccnnc1. The van der Waals surface area contributed by atoms with E-state index in [1.807, 2.05) is 18.5 Å². The van der Waals surface area contributed by atoms with Crippen molar-refractivity contribution < 1.29 is 4.74 Å². The van der Waals surface area contributed by atoms with Crippen LogP contribution in [0.5, 0.6) is 0 Å². The quantitative estimate of drug-likeness (QED) is 0.847. The van der Waals surface area contributed by atoms with Crippen molar-refractivity contribution in [2.75, 3.05) is 13.2 Å². The van der Waals surface area contributed by atoms with E-state index in [-0.39, 0.29) is 6.04 Å². The van der Waals surface area contributed by atoms with Gasteiger partial charge in [-0.2, -0.15) is 10.2 Å². The van der Waals surface area contributed by atoms with Crippen molar-refractivity contribution in [2.45, 2.75) is 32.2 Å². The molecule has 4 nitrogen and oxygen atoms in total. The van der Waals surface area contributed by atoms with Gasteiger partial charge in [0.15, 0.2) is 0 Å². The molecule has 1 unspecified atom stereocenters. The lowest BCUT2D eigenvalue weighted by atomic mass is 9.96. The average Bonchev–Trinajstić information content (AvgIpc) is 2.42. The Morgan fingerprint density at radius 3 is 3.06 bits per heavy atom. The lowest BCUT2D eigenvalue weighted by Gasteiger charge is -2.24. The van der Waals surface area contributed by atoms with E-state index in [0.717, 1.165) is 38.0 Å². The summed E-state index contributed by atoms with van der Waals surface area (Å²) in [7, 11) is 0. The van der Waals surface area contributed by atoms with Crippen LogP contribution >= 0.6 is 0 Å². The molecular formula is C13H19N3O. The van der Waals surface area contributed by atoms with Crippen LogP contribution in [0.4, 0.5) is 0 Å². The zero-order valence-electron chi connectivity index (χ0n) is 10.2. The second-order valence-electron chi connectivity index (χ2n) is 4.23. The molecule has 1 atom stereocenters. The highest BCUT2D eigenvalue weighted by Gasteiger charge is 2.18. The number of nitrogens with one attached hydrogen (secondary N) is 1. The van der Waals surface area contributed by atoms with Crippen LogP contribution in [-0.2, 0) is 4.74 Å². The Bertz CT molecular complexity index is 364. The van der Waals surface area contributed by atoms with Gasteiger partial charge in [0.05, 0.1) is 25.1 Å². The van der Waals surface area contributed by atoms with Crippen LogP contribution in [0.2, 0.25) is 0 Å². The Kier molecular flexibility index (Phi) is 4.50. The minimum Gasteiger partial charge on any atom is -0.501 e. The largest absolute Gasteiger partial charge is 0.501 e. The van der Waals surface area contributed by atoms with E-state index >= 15 is 0 Å². The topological polar surface area (TPSA) is 47.0 Å². The smallest absolute Gasteiger partial charge is 0.0876 e. The van der Waals surface area contributed by atoms with Gasteiger partial charge >= 0.3 is 0 Å². The number of aromatic nitrogens is 2. The fourth-order valence-corrected chi connectivity index (χ4v) is 2.02. The molecule has 0 radical (unpaired) electrons. The summed E-state index contributed by atoms with van der Waals surface area (Å²) in [5.41, 5.74) is 2.46. The highest BCUT2D eigenvalue weighted by molar-refractivity contribution is 5.24. The summed E-state index contributed by atoms with van der Waals surface area (Å²) in [6, 6.07) is 2.22. The van der Waals surface area contributed by atoms with Crippen LogP contribution in [0.3, 0.4) is 0 Å². The van der Waals surface area contributed by atoms with Gasteiger partial charge in [-0.15, -0.1) is 0 Å². The number of hydrogen-bond donors (Lipinski definition) is 1. The van der Waals surface area contributed by atoms with Crippen LogP contribution in [-0.4, -0.2) is 23.3 Å². The fourth-order valence-electron chi connectivity index (χ4n) is 2.02. The molecular weight excluding hydrogens is 214 g/mol. The third-order valence-electron chi connectivity index (χ3n) is 2.87. The van der Waals surface area contributed by atoms with Crippen LogP contribution in [0.15, 0.2) is 30.3 Å². The minimum absolute atomic E-state index is 0.214. The molecule has 0 spiro atoms. The fraction of sp³-hybridized carbons (Fsp3) is 0.538. The molecule has 4 heteroatoms. The molecule has 92 valence electrons. The van der Waals surface area contributed by atoms with E-state index in [1.165, 1.54) is 5.57 Å². The molecule has 0 saturated heterocycles. The van der Waals surface area contributed by atoms with E-state index in [0.29, 0.717) is 0 Å². The molecule has 0 bridgehead atoms. The van der Waals surface area contributed by atoms with E-state index in [1.54, 1.807) is 6.20 Å². The van der Waals surface area contributed by atoms with Gasteiger partial charge < -0.3 is 10.1 Å². The predicted octanol–water partition coefficient (Wildman–Crippen LogP) is 2.21. The highest BCUT2D eigenvalue weighted by atomic mass is 16.5. The van der Waals surface area contributed by atoms with Crippen molar-refractivity contribution >= 4 is 0 Å². The first kappa shape index (κ1) is 12.0. The van der Waals surface area contributed by atoms with Gasteiger partial charge in [0, 0.05) is 6.20 Å². The van der Waals surface area contributed by atoms with E-state index < -0.39 is 0 Å². The molecule has 17 heavy (non-hydrogen) atoms. The van der Waals surface area contributed by atoms with E-state index in [4.69, 9.17) is 4.74 Å². The van der Waals surface area contributed by atoms with Gasteiger partial charge in [-0.25, -0.2) is 0 Å². The maximum absolute atomic E-state index is 5.43. The molecule has 0 amide bonds. The summed E-state index contributed by atoms with van der Waals surface area (Å²) >= 11 is 0. The minimum atomic E-state index is 0.214. The van der Waals surface area contributed by atoms with Gasteiger partial charge in [0.25, 0.3) is 0 Å². The average molecular weight is 233 g/mol. The molecule has 1 aromatic heterocycles. The summed E-state index contributed by atoms with van der Waals surface area (Å²) in [6.45, 7) is 3.99. The third kappa shape index (κ3) is 3.27. The zero-order valence-corrected chi connectivity index (χ0v) is 10.2. The van der Waals surface area contributed by atoms with Gasteiger partial charge in [-0.05, 0) is 43.0 Å². The van der Waals surface area contributed by atoms with Gasteiger partial charge in [0.2, 0.25) is 0 Å². The first-order valence-corrected chi connectivity index (χ1v) is 6.22. The lowest BCUT2D eigenvalue weighted by Crippen LogP contribution is -2.25. The van der Waals surface area contributed by atoms with Crippen LogP contribution in [0.25, 0.3) is 0 Å². The maximum atomic E-state index is 5.43. The second-order valence-corrected chi connectivity index (χ2v) is 4.23. The maximum Gasteiger partial charge on any atom is 0.0876 e. The summed E-state index contributed by atoms with van der Waals surface area (Å²) in [6.07, 6.45) is 8.75. The Morgan fingerprint density at radius 1 is 1.47 bits per heavy atom. The normalized spacial score (nSPS) is 17.1. The van der Waals surface area contributed by atoms with E-state index in [9.17, 15) is 0 Å². The Morgan fingerprint density at radius 2 is 2.41 bits per heavy atom. The predicted molar refractivity (Wildman–Crippen MR) is 66.3 cm³/mol. The van der Waals surface area contributed by atoms with Gasteiger partial charge in [0.1, 0.15) is 0 Å². The molecule has 1 aliphatic heterocycles. The monoisotopic (exact) mass is 233 g/mol. The molecule has 1 aromatic rings. The van der Waals surface area contributed by atoms with Gasteiger partial charge in [-0.3, -0.25) is 0 Å². The third-order valence-corrected chi connectivity index (χ3v) is 2.87. The molecule has 1 N–H and O–H groups in total. The summed E-state index contributed by atoms with van der Waals surface area (Å²) in [4.78, 5) is 0. The van der Waals surface area contributed by atoms with Gasteiger partial charge in [-0.1, -0.05) is 6.92 Å². The summed E-state index contributed by atoms with van der Waals surface area (Å²) in [5, 5.41) is 11.3. The molecule has 0 aliphatic carbocycles. The Labute approximate surface area is 102 Å². The van der Waals surface area contributed by atoms with Crippen molar-refractivity contribution in [2.24, 2.45) is 0 Å². The molecule has 2 rings (SSSR count). The summed E-state index contributed by atoms with van der Waals surface area (Å²) in [5.74, 6) is 0. The number of ether oxygens (including phenoxy) is 1. The summed E-state index contributed by atoms with van der Waals surface area (Å²) < 4.78 is 5.43. The van der Waals surface area contributed by atoms with Crippen molar-refractivity contribution in [3.05, 3.63) is 35.9 Å². The number of rotatable bonds is 5. The molecule has 2 heterocycles. The number of hydrogen-bond acceptors (Lipinski definition) is 4. The molecule has 0 aromatic carbocycles. The molecule has 0 fully saturated rings. The highest BCUT2D eigenvalue weighted by Crippen LogP contribution is 2.26. The van der Waals surface area contributed by atoms with Crippen molar-refractivity contribution in [3.63, 3.8) is 0 Å². The van der Waals surface area contributed by atoms with Crippen molar-refractivity contribution in [3.8, 4) is 0 Å². The van der Waals surface area contributed by atoms with E-state index in [2.05, 4.69) is 22.4 Å². The zero-order chi connectivity index (χ0) is 11.9. The van der Waals surface area contributed by atoms with Crippen LogP contribution in [0.1, 0.15) is 37.8 Å². The lowest BCUT2D eigenvalue weighted by molar-refractivity contribution is 0.219. The molecule has 1 aliphatic rings. The Balaban J connectivity index is 2.15. The number of nitrogens with zero attached hydrogens (tertiary/aromatic N) is 2. The van der Waals surface area contributed by atoms with Crippen molar-refractivity contribution in [1.82, 2.24) is 15.5 Å². The van der Waals surface area contributed by atoms with Crippen LogP contribution in [0, 0.1) is 0 Å². The van der Waals surface area contributed by atoms with Crippen LogP contribution < -0.4 is 5.32 Å². The van der Waals surface area contributed by atoms with Crippen molar-refractivity contribution in [1.29, 1.82) is 0 Å². The standard InChI is InChI=1S/C13H19N3O/c1-2-6-14-13(11-5-7-15-16-9-11)12-4-3-8-17-10-12/h5,7,9-10,13-14H,2-4,6,8H2,1H3. The molecule has 0 saturated carbocycles. The Hall–Kier alpha value is -1.42. The first-order valence-electron chi connectivity index (χ1n) is 6.22.